The number of aromatic nitrogens is 2. The molecule has 1 aliphatic heterocycles. The number of para-hydroxylation sites is 1. The lowest BCUT2D eigenvalue weighted by Crippen LogP contribution is -2.21. The van der Waals surface area contributed by atoms with Crippen LogP contribution in [-0.4, -0.2) is 34.1 Å². The molecule has 0 fully saturated rings. The fourth-order valence-electron chi connectivity index (χ4n) is 3.91. The molecule has 7 nitrogen and oxygen atoms in total. The second-order valence-corrected chi connectivity index (χ2v) is 7.65. The van der Waals surface area contributed by atoms with Crippen molar-refractivity contribution in [1.29, 1.82) is 5.26 Å². The normalized spacial score (nSPS) is 14.5. The highest BCUT2D eigenvalue weighted by Gasteiger charge is 2.20. The lowest BCUT2D eigenvalue weighted by Gasteiger charge is -2.20. The first kappa shape index (κ1) is 20.5. The molecule has 0 aliphatic carbocycles. The van der Waals surface area contributed by atoms with E-state index in [1.165, 1.54) is 0 Å². The van der Waals surface area contributed by atoms with Crippen molar-refractivity contribution in [3.05, 3.63) is 70.6 Å². The molecule has 3 aromatic rings. The van der Waals surface area contributed by atoms with Crippen molar-refractivity contribution in [2.24, 2.45) is 0 Å². The fraction of sp³-hybridized carbons (Fsp3) is 0.250. The summed E-state index contributed by atoms with van der Waals surface area (Å²) in [6, 6.07) is 12.8. The smallest absolute Gasteiger partial charge is 0.337 e. The molecule has 0 saturated heterocycles. The van der Waals surface area contributed by atoms with Gasteiger partial charge in [-0.25, -0.2) is 14.8 Å². The summed E-state index contributed by atoms with van der Waals surface area (Å²) in [7, 11) is 0. The topological polar surface area (TPSA) is 111 Å². The minimum atomic E-state index is -0.983. The Labute approximate surface area is 180 Å². The average molecular weight is 413 g/mol. The molecule has 2 heterocycles. The van der Waals surface area contributed by atoms with Crippen LogP contribution in [0.15, 0.2) is 42.5 Å². The molecule has 156 valence electrons. The zero-order valence-electron chi connectivity index (χ0n) is 17.4. The molecule has 0 bridgehead atoms. The number of carboxylic acids is 1. The number of fused-ring (bicyclic) bond motifs is 1. The molecular weight excluding hydrogens is 390 g/mol. The number of nitriles is 1. The predicted molar refractivity (Wildman–Crippen MR) is 120 cm³/mol. The Bertz CT molecular complexity index is 1240. The quantitative estimate of drug-likeness (QED) is 0.578. The van der Waals surface area contributed by atoms with Crippen LogP contribution in [-0.2, 0) is 0 Å². The van der Waals surface area contributed by atoms with Gasteiger partial charge in [-0.1, -0.05) is 24.3 Å². The summed E-state index contributed by atoms with van der Waals surface area (Å²) in [5.41, 5.74) is 6.00. The number of carbonyl (C=O) groups is 1. The molecule has 1 aromatic heterocycles. The van der Waals surface area contributed by atoms with E-state index in [4.69, 9.17) is 4.98 Å². The molecule has 1 atom stereocenters. The standard InChI is InChI=1S/C24H23N5O2/c1-14-11-18(15(2)27-19-6-4-3-5-17(19)24(30)31)23-20(12-14)28-21(13-25)22(29-23)16-7-9-26-10-8-16/h3-7,11-12,15,26-27H,8-10H2,1-2H3,(H,30,31)/t15-/m1/s1. The lowest BCUT2D eigenvalue weighted by atomic mass is 10.00. The molecular formula is C24H23N5O2. The Morgan fingerprint density at radius 1 is 1.29 bits per heavy atom. The van der Waals surface area contributed by atoms with E-state index in [1.54, 1.807) is 24.3 Å². The van der Waals surface area contributed by atoms with Crippen LogP contribution in [0.1, 0.15) is 52.3 Å². The van der Waals surface area contributed by atoms with Gasteiger partial charge in [-0.2, -0.15) is 5.26 Å². The number of benzene rings is 2. The van der Waals surface area contributed by atoms with Gasteiger partial charge in [-0.05, 0) is 56.1 Å². The highest BCUT2D eigenvalue weighted by atomic mass is 16.4. The van der Waals surface area contributed by atoms with Gasteiger partial charge >= 0.3 is 5.97 Å². The van der Waals surface area contributed by atoms with Crippen molar-refractivity contribution in [3.8, 4) is 6.07 Å². The van der Waals surface area contributed by atoms with Gasteiger partial charge in [0.25, 0.3) is 0 Å². The lowest BCUT2D eigenvalue weighted by molar-refractivity contribution is 0.0698. The summed E-state index contributed by atoms with van der Waals surface area (Å²) < 4.78 is 0. The molecule has 2 aromatic carbocycles. The summed E-state index contributed by atoms with van der Waals surface area (Å²) >= 11 is 0. The van der Waals surface area contributed by atoms with Gasteiger partial charge in [-0.3, -0.25) is 0 Å². The average Bonchev–Trinajstić information content (AvgIpc) is 2.78. The molecule has 0 saturated carbocycles. The number of rotatable bonds is 5. The van der Waals surface area contributed by atoms with Crippen LogP contribution in [0.5, 0.6) is 0 Å². The fourth-order valence-corrected chi connectivity index (χ4v) is 3.91. The maximum Gasteiger partial charge on any atom is 0.337 e. The summed E-state index contributed by atoms with van der Waals surface area (Å²) in [5, 5.41) is 25.8. The monoisotopic (exact) mass is 413 g/mol. The Balaban J connectivity index is 1.83. The Kier molecular flexibility index (Phi) is 5.65. The number of aryl methyl sites for hydroxylation is 1. The van der Waals surface area contributed by atoms with Crippen LogP contribution in [0, 0.1) is 18.3 Å². The highest BCUT2D eigenvalue weighted by molar-refractivity contribution is 5.94. The van der Waals surface area contributed by atoms with Gasteiger partial charge in [0.1, 0.15) is 11.8 Å². The number of hydrogen-bond acceptors (Lipinski definition) is 6. The van der Waals surface area contributed by atoms with E-state index in [1.807, 2.05) is 26.0 Å². The molecule has 31 heavy (non-hydrogen) atoms. The predicted octanol–water partition coefficient (Wildman–Crippen LogP) is 4.06. The van der Waals surface area contributed by atoms with E-state index in [0.29, 0.717) is 28.1 Å². The Hall–Kier alpha value is -3.76. The summed E-state index contributed by atoms with van der Waals surface area (Å²) in [6.07, 6.45) is 2.84. The Morgan fingerprint density at radius 3 is 2.81 bits per heavy atom. The number of hydrogen-bond donors (Lipinski definition) is 3. The molecule has 0 unspecified atom stereocenters. The third-order valence-corrected chi connectivity index (χ3v) is 5.41. The van der Waals surface area contributed by atoms with E-state index in [0.717, 1.165) is 36.2 Å². The van der Waals surface area contributed by atoms with Crippen LogP contribution >= 0.6 is 0 Å². The van der Waals surface area contributed by atoms with Gasteiger partial charge in [0.05, 0.1) is 22.6 Å². The van der Waals surface area contributed by atoms with Gasteiger partial charge in [-0.15, -0.1) is 0 Å². The largest absolute Gasteiger partial charge is 0.478 e. The van der Waals surface area contributed by atoms with Crippen molar-refractivity contribution < 1.29 is 9.90 Å². The molecule has 0 amide bonds. The molecule has 0 radical (unpaired) electrons. The third kappa shape index (κ3) is 4.11. The summed E-state index contributed by atoms with van der Waals surface area (Å²) in [4.78, 5) is 21.1. The first-order chi connectivity index (χ1) is 15.0. The number of carboxylic acid groups (broad SMARTS) is 1. The van der Waals surface area contributed by atoms with Crippen LogP contribution in [0.25, 0.3) is 16.6 Å². The van der Waals surface area contributed by atoms with Crippen LogP contribution in [0.3, 0.4) is 0 Å². The van der Waals surface area contributed by atoms with Crippen molar-refractivity contribution in [1.82, 2.24) is 15.3 Å². The zero-order valence-corrected chi connectivity index (χ0v) is 17.4. The van der Waals surface area contributed by atoms with Gasteiger partial charge in [0, 0.05) is 17.8 Å². The molecule has 0 spiro atoms. The minimum absolute atomic E-state index is 0.213. The minimum Gasteiger partial charge on any atom is -0.478 e. The van der Waals surface area contributed by atoms with Gasteiger partial charge in [0.2, 0.25) is 0 Å². The van der Waals surface area contributed by atoms with Crippen molar-refractivity contribution in [2.45, 2.75) is 26.3 Å². The first-order valence-corrected chi connectivity index (χ1v) is 10.2. The summed E-state index contributed by atoms with van der Waals surface area (Å²) in [6.45, 7) is 5.51. The highest BCUT2D eigenvalue weighted by Crippen LogP contribution is 2.30. The number of anilines is 1. The third-order valence-electron chi connectivity index (χ3n) is 5.41. The van der Waals surface area contributed by atoms with Crippen molar-refractivity contribution >= 4 is 28.3 Å². The van der Waals surface area contributed by atoms with Crippen LogP contribution in [0.2, 0.25) is 0 Å². The SMILES string of the molecule is Cc1cc([C@@H](C)Nc2ccccc2C(=O)O)c2nc(C3=CCNCC3)c(C#N)nc2c1. The van der Waals surface area contributed by atoms with Crippen LogP contribution in [0.4, 0.5) is 5.69 Å². The first-order valence-electron chi connectivity index (χ1n) is 10.2. The molecule has 1 aliphatic rings. The van der Waals surface area contributed by atoms with Gasteiger partial charge in [0.15, 0.2) is 5.69 Å². The molecule has 3 N–H and O–H groups in total. The van der Waals surface area contributed by atoms with E-state index < -0.39 is 5.97 Å². The van der Waals surface area contributed by atoms with Crippen molar-refractivity contribution in [3.63, 3.8) is 0 Å². The van der Waals surface area contributed by atoms with E-state index in [2.05, 4.69) is 27.8 Å². The zero-order chi connectivity index (χ0) is 22.0. The Morgan fingerprint density at radius 2 is 2.10 bits per heavy atom. The van der Waals surface area contributed by atoms with E-state index >= 15 is 0 Å². The van der Waals surface area contributed by atoms with E-state index in [9.17, 15) is 15.2 Å². The van der Waals surface area contributed by atoms with Gasteiger partial charge < -0.3 is 15.7 Å². The molecule has 7 heteroatoms. The number of aromatic carboxylic acids is 1. The second kappa shape index (κ2) is 8.54. The maximum absolute atomic E-state index is 11.6. The number of nitrogens with zero attached hydrogens (tertiary/aromatic N) is 3. The van der Waals surface area contributed by atoms with Crippen LogP contribution < -0.4 is 10.6 Å². The second-order valence-electron chi connectivity index (χ2n) is 7.65. The summed E-state index contributed by atoms with van der Waals surface area (Å²) in [5.74, 6) is -0.983. The number of nitrogens with one attached hydrogen (secondary N) is 2. The molecule has 4 rings (SSSR count). The van der Waals surface area contributed by atoms with Crippen molar-refractivity contribution in [2.75, 3.05) is 18.4 Å². The maximum atomic E-state index is 11.6. The van der Waals surface area contributed by atoms with E-state index in [-0.39, 0.29) is 11.6 Å².